The minimum atomic E-state index is -4.66. The predicted molar refractivity (Wildman–Crippen MR) is 85.5 cm³/mol. The second-order valence-corrected chi connectivity index (χ2v) is 6.80. The smallest absolute Gasteiger partial charge is 0.351 e. The van der Waals surface area contributed by atoms with Gasteiger partial charge in [-0.1, -0.05) is 12.8 Å². The third-order valence-electron chi connectivity index (χ3n) is 5.23. The Morgan fingerprint density at radius 2 is 1.92 bits per heavy atom. The number of alkyl halides is 3. The predicted octanol–water partition coefficient (Wildman–Crippen LogP) is 4.61. The maximum Gasteiger partial charge on any atom is 0.402 e. The number of nitrogens with one attached hydrogen (secondary N) is 2. The lowest BCUT2D eigenvalue weighted by atomic mass is 9.67. The summed E-state index contributed by atoms with van der Waals surface area (Å²) in [6.07, 6.45) is -1.41. The molecule has 0 spiro atoms. The highest BCUT2D eigenvalue weighted by Gasteiger charge is 2.60. The standard InChI is InChI=1S/C18H16F4N2O/c19-11-3-4-14-13(9-11)17(18(20,21)22,7-5-10-1-2-10)12-6-8-23-16(25)15(12)24-14/h3-4,6,8-10,24H,1-2,5,7H2,(H,23,25). The average Bonchev–Trinajstić information content (AvgIpc) is 3.36. The quantitative estimate of drug-likeness (QED) is 0.793. The summed E-state index contributed by atoms with van der Waals surface area (Å²) in [6.45, 7) is 0. The highest BCUT2D eigenvalue weighted by Crippen LogP contribution is 2.57. The lowest BCUT2D eigenvalue weighted by Crippen LogP contribution is -2.47. The number of anilines is 2. The lowest BCUT2D eigenvalue weighted by Gasteiger charge is -2.42. The van der Waals surface area contributed by atoms with Gasteiger partial charge < -0.3 is 10.3 Å². The van der Waals surface area contributed by atoms with E-state index in [0.717, 1.165) is 25.0 Å². The number of halogens is 4. The van der Waals surface area contributed by atoms with Gasteiger partial charge in [0.25, 0.3) is 5.56 Å². The fourth-order valence-electron chi connectivity index (χ4n) is 3.76. The Kier molecular flexibility index (Phi) is 3.46. The number of aromatic amines is 1. The molecular weight excluding hydrogens is 336 g/mol. The molecule has 1 aromatic carbocycles. The van der Waals surface area contributed by atoms with E-state index in [1.165, 1.54) is 18.3 Å². The molecule has 0 saturated heterocycles. The summed E-state index contributed by atoms with van der Waals surface area (Å²) < 4.78 is 57.1. The van der Waals surface area contributed by atoms with Crippen LogP contribution in [0.4, 0.5) is 28.9 Å². The van der Waals surface area contributed by atoms with E-state index in [9.17, 15) is 22.4 Å². The van der Waals surface area contributed by atoms with Crippen molar-refractivity contribution in [2.24, 2.45) is 5.92 Å². The highest BCUT2D eigenvalue weighted by atomic mass is 19.4. The van der Waals surface area contributed by atoms with Gasteiger partial charge in [0, 0.05) is 17.4 Å². The van der Waals surface area contributed by atoms with Crippen molar-refractivity contribution in [2.45, 2.75) is 37.3 Å². The Morgan fingerprint density at radius 3 is 2.60 bits per heavy atom. The van der Waals surface area contributed by atoms with Gasteiger partial charge in [-0.05, 0) is 48.6 Å². The van der Waals surface area contributed by atoms with Crippen LogP contribution >= 0.6 is 0 Å². The Hall–Kier alpha value is -2.31. The summed E-state index contributed by atoms with van der Waals surface area (Å²) in [5.74, 6) is -0.453. The summed E-state index contributed by atoms with van der Waals surface area (Å²) in [4.78, 5) is 14.6. The van der Waals surface area contributed by atoms with Crippen molar-refractivity contribution in [1.29, 1.82) is 0 Å². The Bertz CT molecular complexity index is 885. The van der Waals surface area contributed by atoms with E-state index in [2.05, 4.69) is 10.3 Å². The van der Waals surface area contributed by atoms with Crippen LogP contribution in [0.25, 0.3) is 0 Å². The first-order chi connectivity index (χ1) is 11.8. The van der Waals surface area contributed by atoms with Crippen molar-refractivity contribution in [3.05, 3.63) is 57.8 Å². The zero-order chi connectivity index (χ0) is 17.8. The molecule has 1 atom stereocenters. The summed E-state index contributed by atoms with van der Waals surface area (Å²) in [5, 5.41) is 2.76. The molecule has 3 nitrogen and oxygen atoms in total. The summed E-state index contributed by atoms with van der Waals surface area (Å²) in [5.41, 5.74) is -3.29. The van der Waals surface area contributed by atoms with Crippen LogP contribution in [0.3, 0.4) is 0 Å². The number of rotatable bonds is 3. The Labute approximate surface area is 141 Å². The van der Waals surface area contributed by atoms with Gasteiger partial charge >= 0.3 is 6.18 Å². The minimum Gasteiger partial charge on any atom is -0.351 e. The number of fused-ring (bicyclic) bond motifs is 2. The van der Waals surface area contributed by atoms with Crippen molar-refractivity contribution >= 4 is 11.4 Å². The van der Waals surface area contributed by atoms with Crippen molar-refractivity contribution in [3.8, 4) is 0 Å². The van der Waals surface area contributed by atoms with Gasteiger partial charge in [0.15, 0.2) is 0 Å². The third kappa shape index (κ3) is 2.44. The maximum atomic E-state index is 14.4. The van der Waals surface area contributed by atoms with E-state index in [0.29, 0.717) is 6.42 Å². The molecule has 132 valence electrons. The molecule has 1 unspecified atom stereocenters. The van der Waals surface area contributed by atoms with Gasteiger partial charge in [-0.2, -0.15) is 13.2 Å². The monoisotopic (exact) mass is 352 g/mol. The molecule has 0 amide bonds. The average molecular weight is 352 g/mol. The molecule has 1 saturated carbocycles. The number of benzene rings is 1. The van der Waals surface area contributed by atoms with Crippen LogP contribution in [0.2, 0.25) is 0 Å². The van der Waals surface area contributed by atoms with Gasteiger partial charge in [-0.15, -0.1) is 0 Å². The summed E-state index contributed by atoms with van der Waals surface area (Å²) in [7, 11) is 0. The summed E-state index contributed by atoms with van der Waals surface area (Å²) >= 11 is 0. The molecule has 1 aliphatic heterocycles. The van der Waals surface area contributed by atoms with Crippen molar-refractivity contribution < 1.29 is 17.6 Å². The van der Waals surface area contributed by atoms with Crippen LogP contribution in [0.5, 0.6) is 0 Å². The van der Waals surface area contributed by atoms with Gasteiger partial charge in [0.05, 0.1) is 0 Å². The first-order valence-electron chi connectivity index (χ1n) is 8.19. The van der Waals surface area contributed by atoms with Crippen LogP contribution in [0.1, 0.15) is 36.8 Å². The lowest BCUT2D eigenvalue weighted by molar-refractivity contribution is -0.180. The van der Waals surface area contributed by atoms with Crippen molar-refractivity contribution in [2.75, 3.05) is 5.32 Å². The van der Waals surface area contributed by atoms with Crippen LogP contribution in [-0.4, -0.2) is 11.2 Å². The number of hydrogen-bond acceptors (Lipinski definition) is 2. The second-order valence-electron chi connectivity index (χ2n) is 6.80. The van der Waals surface area contributed by atoms with Gasteiger partial charge in [-0.3, -0.25) is 4.79 Å². The molecule has 1 aromatic heterocycles. The molecule has 2 heterocycles. The van der Waals surface area contributed by atoms with Gasteiger partial charge in [0.2, 0.25) is 0 Å². The zero-order valence-corrected chi connectivity index (χ0v) is 13.2. The van der Waals surface area contributed by atoms with E-state index < -0.39 is 23.0 Å². The molecule has 7 heteroatoms. The SMILES string of the molecule is O=c1[nH]ccc2c1Nc1ccc(F)cc1C2(CCC1CC1)C(F)(F)F. The molecule has 2 aromatic rings. The number of H-pyrrole nitrogens is 1. The number of pyridine rings is 1. The van der Waals surface area contributed by atoms with E-state index >= 15 is 0 Å². The molecule has 4 rings (SSSR count). The van der Waals surface area contributed by atoms with E-state index in [1.807, 2.05) is 0 Å². The molecule has 2 aliphatic rings. The first kappa shape index (κ1) is 16.2. The third-order valence-corrected chi connectivity index (χ3v) is 5.23. The fraction of sp³-hybridized carbons (Fsp3) is 0.389. The summed E-state index contributed by atoms with van der Waals surface area (Å²) in [6, 6.07) is 4.57. The molecule has 1 aliphatic carbocycles. The molecule has 1 fully saturated rings. The molecule has 0 radical (unpaired) electrons. The first-order valence-corrected chi connectivity index (χ1v) is 8.19. The van der Waals surface area contributed by atoms with Gasteiger partial charge in [-0.25, -0.2) is 4.39 Å². The normalized spacial score (nSPS) is 22.1. The largest absolute Gasteiger partial charge is 0.402 e. The zero-order valence-electron chi connectivity index (χ0n) is 13.2. The molecule has 0 bridgehead atoms. The topological polar surface area (TPSA) is 44.9 Å². The Balaban J connectivity index is 2.01. The van der Waals surface area contributed by atoms with Crippen LogP contribution in [-0.2, 0) is 5.41 Å². The second kappa shape index (κ2) is 5.34. The van der Waals surface area contributed by atoms with Crippen LogP contribution in [0.15, 0.2) is 35.3 Å². The number of hydrogen-bond donors (Lipinski definition) is 2. The fourth-order valence-corrected chi connectivity index (χ4v) is 3.76. The molecule has 25 heavy (non-hydrogen) atoms. The van der Waals surface area contributed by atoms with Gasteiger partial charge in [0.1, 0.15) is 16.9 Å². The van der Waals surface area contributed by atoms with E-state index in [4.69, 9.17) is 0 Å². The van der Waals surface area contributed by atoms with Crippen molar-refractivity contribution in [1.82, 2.24) is 4.98 Å². The maximum absolute atomic E-state index is 14.4. The van der Waals surface area contributed by atoms with E-state index in [1.54, 1.807) is 0 Å². The Morgan fingerprint density at radius 1 is 1.16 bits per heavy atom. The van der Waals surface area contributed by atoms with Crippen LogP contribution < -0.4 is 10.9 Å². The van der Waals surface area contributed by atoms with Crippen molar-refractivity contribution in [3.63, 3.8) is 0 Å². The molecular formula is C18H16F4N2O. The van der Waals surface area contributed by atoms with Crippen LogP contribution in [0, 0.1) is 11.7 Å². The number of aromatic nitrogens is 1. The molecule has 2 N–H and O–H groups in total. The highest BCUT2D eigenvalue weighted by molar-refractivity contribution is 5.75. The minimum absolute atomic E-state index is 0.116. The van der Waals surface area contributed by atoms with E-state index in [-0.39, 0.29) is 34.8 Å².